The molecule has 2 heterocycles. The van der Waals surface area contributed by atoms with E-state index in [0.717, 1.165) is 36.6 Å². The Hall–Kier alpha value is -2.15. The summed E-state index contributed by atoms with van der Waals surface area (Å²) in [6.45, 7) is 30.3. The molecule has 0 radical (unpaired) electrons. The van der Waals surface area contributed by atoms with Gasteiger partial charge in [0.15, 0.2) is 0 Å². The fraction of sp³-hybridized carbons (Fsp3) is 0.789. The van der Waals surface area contributed by atoms with E-state index in [1.54, 1.807) is 14.2 Å². The maximum absolute atomic E-state index is 6.60. The maximum atomic E-state index is 6.60. The van der Waals surface area contributed by atoms with Gasteiger partial charge in [0.05, 0.1) is 181 Å². The minimum absolute atomic E-state index is 0.345. The van der Waals surface area contributed by atoms with Crippen molar-refractivity contribution >= 4 is 25.2 Å². The molecule has 0 atom stereocenters. The fourth-order valence-corrected chi connectivity index (χ4v) is 9.09. The van der Waals surface area contributed by atoms with Crippen LogP contribution in [0, 0.1) is 0 Å². The summed E-state index contributed by atoms with van der Waals surface area (Å²) in [5.41, 5.74) is 4.84. The summed E-state index contributed by atoms with van der Waals surface area (Å²) in [4.78, 5) is 0. The van der Waals surface area contributed by atoms with Crippen LogP contribution in [0.15, 0.2) is 36.4 Å². The molecule has 2 saturated heterocycles. The summed E-state index contributed by atoms with van der Waals surface area (Å²) in [6.07, 6.45) is 3.43. The maximum Gasteiger partial charge on any atom is 0.494 e. The monoisotopic (exact) mass is 1090 g/mol. The molecular formula is C57H96B2O18. The highest BCUT2D eigenvalue weighted by Gasteiger charge is 2.54. The van der Waals surface area contributed by atoms with Gasteiger partial charge < -0.3 is 84.9 Å². The molecule has 0 amide bonds. The molecule has 438 valence electrons. The highest BCUT2D eigenvalue weighted by atomic mass is 16.7. The van der Waals surface area contributed by atoms with E-state index < -0.39 is 36.6 Å². The van der Waals surface area contributed by atoms with Crippen molar-refractivity contribution in [3.05, 3.63) is 47.5 Å². The largest absolute Gasteiger partial charge is 0.494 e. The van der Waals surface area contributed by atoms with Gasteiger partial charge in [-0.3, -0.25) is 0 Å². The van der Waals surface area contributed by atoms with Crippen molar-refractivity contribution in [3.63, 3.8) is 0 Å². The number of hydrogen-bond donors (Lipinski definition) is 0. The quantitative estimate of drug-likeness (QED) is 0.0593. The minimum atomic E-state index is -0.482. The summed E-state index contributed by atoms with van der Waals surface area (Å²) in [5.74, 6) is 0. The second-order valence-corrected chi connectivity index (χ2v) is 21.4. The molecule has 5 rings (SSSR count). The topological polar surface area (TPSA) is 166 Å². The predicted octanol–water partition coefficient (Wildman–Crippen LogP) is 5.60. The first-order chi connectivity index (χ1) is 37.2. The van der Waals surface area contributed by atoms with Gasteiger partial charge in [-0.05, 0) is 114 Å². The molecule has 2 aromatic rings. The smallest absolute Gasteiger partial charge is 0.399 e. The molecule has 2 fully saturated rings. The molecule has 0 bridgehead atoms. The van der Waals surface area contributed by atoms with E-state index in [-0.39, 0.29) is 5.41 Å². The number of ether oxygens (including phenoxy) is 14. The van der Waals surface area contributed by atoms with Crippen LogP contribution in [0.1, 0.15) is 92.2 Å². The average molecular weight is 1090 g/mol. The summed E-state index contributed by atoms with van der Waals surface area (Å²) < 4.78 is 104. The summed E-state index contributed by atoms with van der Waals surface area (Å²) in [6, 6.07) is 13.5. The zero-order chi connectivity index (χ0) is 55.3. The fourth-order valence-electron chi connectivity index (χ4n) is 9.09. The number of hydrogen-bond acceptors (Lipinski definition) is 18. The molecule has 1 aliphatic carbocycles. The Balaban J connectivity index is 0.940. The Kier molecular flexibility index (Phi) is 29.8. The number of benzene rings is 2. The Morgan fingerprint density at radius 2 is 0.532 bits per heavy atom. The molecule has 0 unspecified atom stereocenters. The van der Waals surface area contributed by atoms with Crippen molar-refractivity contribution in [3.8, 4) is 11.1 Å². The molecule has 0 saturated carbocycles. The van der Waals surface area contributed by atoms with Gasteiger partial charge in [-0.2, -0.15) is 0 Å². The van der Waals surface area contributed by atoms with Gasteiger partial charge in [0.1, 0.15) is 0 Å². The van der Waals surface area contributed by atoms with Crippen LogP contribution >= 0.6 is 0 Å². The van der Waals surface area contributed by atoms with Crippen molar-refractivity contribution in [1.29, 1.82) is 0 Å². The average Bonchev–Trinajstić information content (AvgIpc) is 4.02. The first-order valence-corrected chi connectivity index (χ1v) is 28.1. The molecule has 0 spiro atoms. The van der Waals surface area contributed by atoms with E-state index in [1.807, 2.05) is 0 Å². The molecule has 0 N–H and O–H groups in total. The number of fused-ring (bicyclic) bond motifs is 3. The van der Waals surface area contributed by atoms with E-state index in [1.165, 1.54) is 22.3 Å². The third-order valence-corrected chi connectivity index (χ3v) is 14.8. The van der Waals surface area contributed by atoms with E-state index in [2.05, 4.69) is 91.8 Å². The summed E-state index contributed by atoms with van der Waals surface area (Å²) >= 11 is 0. The van der Waals surface area contributed by atoms with Crippen LogP contribution < -0.4 is 10.9 Å². The Bertz CT molecular complexity index is 1790. The van der Waals surface area contributed by atoms with Crippen molar-refractivity contribution in [1.82, 2.24) is 0 Å². The molecule has 20 heteroatoms. The van der Waals surface area contributed by atoms with Crippen LogP contribution in [0.2, 0.25) is 0 Å². The molecule has 2 aromatic carbocycles. The van der Waals surface area contributed by atoms with Crippen LogP contribution in [0.25, 0.3) is 11.1 Å². The van der Waals surface area contributed by atoms with Crippen LogP contribution in [0.3, 0.4) is 0 Å². The summed E-state index contributed by atoms with van der Waals surface area (Å²) in [7, 11) is 2.38. The van der Waals surface area contributed by atoms with Crippen molar-refractivity contribution in [2.75, 3.05) is 186 Å². The highest BCUT2D eigenvalue weighted by molar-refractivity contribution is 6.62. The third-order valence-electron chi connectivity index (χ3n) is 14.8. The van der Waals surface area contributed by atoms with E-state index in [4.69, 9.17) is 84.9 Å². The van der Waals surface area contributed by atoms with E-state index in [0.29, 0.717) is 172 Å². The Labute approximate surface area is 462 Å². The van der Waals surface area contributed by atoms with Gasteiger partial charge in [-0.25, -0.2) is 0 Å². The van der Waals surface area contributed by atoms with Crippen molar-refractivity contribution in [2.45, 2.75) is 109 Å². The second kappa shape index (κ2) is 35.0. The van der Waals surface area contributed by atoms with Gasteiger partial charge in [-0.15, -0.1) is 0 Å². The van der Waals surface area contributed by atoms with Gasteiger partial charge in [0.25, 0.3) is 0 Å². The van der Waals surface area contributed by atoms with Crippen LogP contribution in [-0.2, 0) is 90.3 Å². The van der Waals surface area contributed by atoms with Gasteiger partial charge in [-0.1, -0.05) is 36.4 Å². The first-order valence-electron chi connectivity index (χ1n) is 28.1. The van der Waals surface area contributed by atoms with E-state index in [9.17, 15) is 0 Å². The predicted molar refractivity (Wildman–Crippen MR) is 296 cm³/mol. The van der Waals surface area contributed by atoms with Crippen molar-refractivity contribution < 1.29 is 84.9 Å². The molecule has 77 heavy (non-hydrogen) atoms. The molecule has 2 aliphatic heterocycles. The summed E-state index contributed by atoms with van der Waals surface area (Å²) in [5, 5.41) is 0. The number of methoxy groups -OCH3 is 2. The highest BCUT2D eigenvalue weighted by Crippen LogP contribution is 2.54. The number of rotatable bonds is 46. The lowest BCUT2D eigenvalue weighted by molar-refractivity contribution is -0.0280. The van der Waals surface area contributed by atoms with Gasteiger partial charge in [0, 0.05) is 32.8 Å². The Morgan fingerprint density at radius 3 is 0.766 bits per heavy atom. The second-order valence-electron chi connectivity index (χ2n) is 21.4. The van der Waals surface area contributed by atoms with Gasteiger partial charge in [0.2, 0.25) is 0 Å². The zero-order valence-electron chi connectivity index (χ0n) is 48.7. The lowest BCUT2D eigenvalue weighted by Crippen LogP contribution is -2.41. The molecule has 18 nitrogen and oxygen atoms in total. The lowest BCUT2D eigenvalue weighted by atomic mass is 9.67. The third kappa shape index (κ3) is 21.3. The SMILES string of the molecule is COCCOCCCC1(CCCOCCOCCOCCOCCOCCOCCOCCOCCOCCOCCOCCOC)c2cc(B3OC(C)(C)C(C)(C)O3)ccc2-c2ccc(B3OC(C)(C)C(C)(C)O3)cc21. The molecule has 3 aliphatic rings. The van der Waals surface area contributed by atoms with Crippen LogP contribution in [-0.4, -0.2) is 223 Å². The van der Waals surface area contributed by atoms with Crippen LogP contribution in [0.5, 0.6) is 0 Å². The van der Waals surface area contributed by atoms with Crippen LogP contribution in [0.4, 0.5) is 0 Å². The standard InChI is InChI=1S/C57H96B2O18/c1-53(2)54(3,4)75-58(74-53)47-13-15-49-50-16-14-48(59-76-55(5,6)56(7,8)77-59)46-52(50)57(51(49)45-47,17-11-19-62-23-21-60-9)18-12-20-63-25-26-65-29-30-67-33-34-69-37-38-71-41-42-73-44-43-72-40-39-70-36-35-68-32-31-66-28-27-64-24-22-61-10/h13-16,45-46H,11-12,17-44H2,1-10H3. The first kappa shape index (κ1) is 65.7. The van der Waals surface area contributed by atoms with Gasteiger partial charge >= 0.3 is 14.2 Å². The van der Waals surface area contributed by atoms with Crippen molar-refractivity contribution in [2.24, 2.45) is 0 Å². The molecule has 0 aromatic heterocycles. The van der Waals surface area contributed by atoms with E-state index >= 15 is 0 Å². The Morgan fingerprint density at radius 1 is 0.312 bits per heavy atom. The zero-order valence-corrected chi connectivity index (χ0v) is 48.7. The lowest BCUT2D eigenvalue weighted by Gasteiger charge is -2.33. The normalized spacial score (nSPS) is 17.7. The minimum Gasteiger partial charge on any atom is -0.399 e. The molecular weight excluding hydrogens is 994 g/mol.